The predicted molar refractivity (Wildman–Crippen MR) is 147 cm³/mol. The number of anilines is 1. The third kappa shape index (κ3) is 6.98. The average molecular weight is 540 g/mol. The van der Waals surface area contributed by atoms with Crippen molar-refractivity contribution in [3.63, 3.8) is 0 Å². The van der Waals surface area contributed by atoms with Gasteiger partial charge in [-0.05, 0) is 76.1 Å². The molecule has 202 valence electrons. The lowest BCUT2D eigenvalue weighted by atomic mass is 10.1. The van der Waals surface area contributed by atoms with Gasteiger partial charge < -0.3 is 10.2 Å². The molecule has 1 atom stereocenters. The molecule has 38 heavy (non-hydrogen) atoms. The summed E-state index contributed by atoms with van der Waals surface area (Å²) < 4.78 is 42.2. The molecular weight excluding hydrogens is 505 g/mol. The molecule has 0 aliphatic rings. The molecule has 0 spiro atoms. The van der Waals surface area contributed by atoms with Gasteiger partial charge in [0, 0.05) is 12.6 Å². The van der Waals surface area contributed by atoms with Crippen molar-refractivity contribution in [3.8, 4) is 0 Å². The Morgan fingerprint density at radius 1 is 0.921 bits per heavy atom. The number of hydrogen-bond acceptors (Lipinski definition) is 4. The van der Waals surface area contributed by atoms with E-state index >= 15 is 0 Å². The highest BCUT2D eigenvalue weighted by atomic mass is 32.2. The van der Waals surface area contributed by atoms with Crippen LogP contribution in [0.5, 0.6) is 0 Å². The Morgan fingerprint density at radius 3 is 2.13 bits per heavy atom. The molecule has 1 N–H and O–H groups in total. The van der Waals surface area contributed by atoms with Crippen molar-refractivity contribution in [2.45, 2.75) is 58.1 Å². The summed E-state index contributed by atoms with van der Waals surface area (Å²) >= 11 is 0. The molecule has 3 aromatic rings. The predicted octanol–water partition coefficient (Wildman–Crippen LogP) is 4.58. The van der Waals surface area contributed by atoms with Crippen LogP contribution in [0.15, 0.2) is 77.7 Å². The molecule has 0 radical (unpaired) electrons. The number of hydrogen-bond donors (Lipinski definition) is 1. The first kappa shape index (κ1) is 28.8. The molecular formula is C29H34FN3O4S. The van der Waals surface area contributed by atoms with Crippen LogP contribution in [0.25, 0.3) is 0 Å². The van der Waals surface area contributed by atoms with Gasteiger partial charge in [-0.2, -0.15) is 0 Å². The van der Waals surface area contributed by atoms with Crippen molar-refractivity contribution < 1.29 is 22.4 Å². The van der Waals surface area contributed by atoms with Crippen molar-refractivity contribution in [2.24, 2.45) is 0 Å². The molecule has 3 aromatic carbocycles. The monoisotopic (exact) mass is 539 g/mol. The van der Waals surface area contributed by atoms with E-state index in [-0.39, 0.29) is 23.4 Å². The van der Waals surface area contributed by atoms with E-state index < -0.39 is 34.3 Å². The lowest BCUT2D eigenvalue weighted by Gasteiger charge is -2.32. The maximum absolute atomic E-state index is 13.9. The van der Waals surface area contributed by atoms with Gasteiger partial charge in [0.05, 0.1) is 10.6 Å². The molecule has 9 heteroatoms. The van der Waals surface area contributed by atoms with E-state index in [0.717, 1.165) is 9.87 Å². The van der Waals surface area contributed by atoms with E-state index in [2.05, 4.69) is 5.32 Å². The van der Waals surface area contributed by atoms with Crippen LogP contribution in [-0.4, -0.2) is 43.8 Å². The second kappa shape index (κ2) is 12.2. The topological polar surface area (TPSA) is 86.8 Å². The Morgan fingerprint density at radius 2 is 1.55 bits per heavy atom. The standard InChI is InChI=1S/C29H34FN3O4S/c1-20(2)31-29(35)23(5)32(18-24-12-14-25(30)15-13-24)28(34)19-33(27-16-11-21(3)17-22(27)4)38(36,37)26-9-7-6-8-10-26/h6-17,20,23H,18-19H2,1-5H3,(H,31,35)/t23-/m1/s1. The second-order valence-corrected chi connectivity index (χ2v) is 11.5. The van der Waals surface area contributed by atoms with Crippen molar-refractivity contribution in [1.29, 1.82) is 0 Å². The minimum atomic E-state index is -4.13. The van der Waals surface area contributed by atoms with Crippen LogP contribution in [0, 0.1) is 19.7 Å². The number of amides is 2. The summed E-state index contributed by atoms with van der Waals surface area (Å²) in [7, 11) is -4.13. The first-order valence-corrected chi connectivity index (χ1v) is 13.8. The van der Waals surface area contributed by atoms with Gasteiger partial charge in [0.2, 0.25) is 11.8 Å². The van der Waals surface area contributed by atoms with E-state index in [9.17, 15) is 22.4 Å². The molecule has 0 heterocycles. The molecule has 0 aliphatic carbocycles. The normalized spacial score (nSPS) is 12.2. The van der Waals surface area contributed by atoms with Gasteiger partial charge in [0.15, 0.2) is 0 Å². The summed E-state index contributed by atoms with van der Waals surface area (Å²) in [6.45, 7) is 8.37. The van der Waals surface area contributed by atoms with E-state index in [1.807, 2.05) is 26.8 Å². The van der Waals surface area contributed by atoms with Crippen molar-refractivity contribution in [3.05, 3.63) is 95.3 Å². The molecule has 7 nitrogen and oxygen atoms in total. The van der Waals surface area contributed by atoms with Crippen molar-refractivity contribution in [2.75, 3.05) is 10.8 Å². The van der Waals surface area contributed by atoms with E-state index in [1.54, 1.807) is 44.2 Å². The summed E-state index contributed by atoms with van der Waals surface area (Å²) in [6.07, 6.45) is 0. The van der Waals surface area contributed by atoms with E-state index in [1.165, 1.54) is 41.3 Å². The molecule has 0 aliphatic heterocycles. The Labute approximate surface area is 224 Å². The highest BCUT2D eigenvalue weighted by Gasteiger charge is 2.33. The number of aryl methyl sites for hydroxylation is 2. The van der Waals surface area contributed by atoms with Crippen molar-refractivity contribution in [1.82, 2.24) is 10.2 Å². The first-order valence-electron chi connectivity index (χ1n) is 12.4. The van der Waals surface area contributed by atoms with Crippen LogP contribution in [0.2, 0.25) is 0 Å². The molecule has 0 bridgehead atoms. The SMILES string of the molecule is Cc1ccc(N(CC(=O)N(Cc2ccc(F)cc2)[C@H](C)C(=O)NC(C)C)S(=O)(=O)c2ccccc2)c(C)c1. The molecule has 2 amide bonds. The molecule has 0 saturated carbocycles. The zero-order valence-electron chi connectivity index (χ0n) is 22.3. The van der Waals surface area contributed by atoms with Gasteiger partial charge in [-0.15, -0.1) is 0 Å². The summed E-state index contributed by atoms with van der Waals surface area (Å²) in [6, 6.07) is 17.8. The van der Waals surface area contributed by atoms with Gasteiger partial charge in [0.1, 0.15) is 18.4 Å². The molecule has 0 aromatic heterocycles. The molecule has 3 rings (SSSR count). The Kier molecular flexibility index (Phi) is 9.27. The fraction of sp³-hybridized carbons (Fsp3) is 0.310. The van der Waals surface area contributed by atoms with Gasteiger partial charge in [-0.3, -0.25) is 13.9 Å². The summed E-state index contributed by atoms with van der Waals surface area (Å²) in [5, 5.41) is 2.80. The molecule has 0 fully saturated rings. The van der Waals surface area contributed by atoms with Gasteiger partial charge in [-0.1, -0.05) is 48.0 Å². The molecule has 0 unspecified atom stereocenters. The smallest absolute Gasteiger partial charge is 0.264 e. The summed E-state index contributed by atoms with van der Waals surface area (Å²) in [5.74, 6) is -1.37. The van der Waals surface area contributed by atoms with Crippen LogP contribution in [0.3, 0.4) is 0 Å². The minimum Gasteiger partial charge on any atom is -0.352 e. The fourth-order valence-electron chi connectivity index (χ4n) is 4.09. The third-order valence-electron chi connectivity index (χ3n) is 6.10. The van der Waals surface area contributed by atoms with Crippen LogP contribution < -0.4 is 9.62 Å². The quantitative estimate of drug-likeness (QED) is 0.409. The number of nitrogens with zero attached hydrogens (tertiary/aromatic N) is 2. The number of halogens is 1. The fourth-order valence-corrected chi connectivity index (χ4v) is 5.59. The highest BCUT2D eigenvalue weighted by molar-refractivity contribution is 7.92. The summed E-state index contributed by atoms with van der Waals surface area (Å²) in [4.78, 5) is 28.1. The zero-order chi connectivity index (χ0) is 28.0. The van der Waals surface area contributed by atoms with Crippen molar-refractivity contribution >= 4 is 27.5 Å². The van der Waals surface area contributed by atoms with Crippen LogP contribution >= 0.6 is 0 Å². The average Bonchev–Trinajstić information content (AvgIpc) is 2.87. The Balaban J connectivity index is 2.05. The number of carbonyl (C=O) groups is 2. The molecule has 0 saturated heterocycles. The van der Waals surface area contributed by atoms with Gasteiger partial charge >= 0.3 is 0 Å². The summed E-state index contributed by atoms with van der Waals surface area (Å²) in [5.41, 5.74) is 2.61. The second-order valence-electron chi connectivity index (χ2n) is 9.60. The maximum Gasteiger partial charge on any atom is 0.264 e. The highest BCUT2D eigenvalue weighted by Crippen LogP contribution is 2.28. The number of nitrogens with one attached hydrogen (secondary N) is 1. The lowest BCUT2D eigenvalue weighted by molar-refractivity contribution is -0.139. The largest absolute Gasteiger partial charge is 0.352 e. The van der Waals surface area contributed by atoms with E-state index in [0.29, 0.717) is 16.8 Å². The Bertz CT molecular complexity index is 1380. The Hall–Kier alpha value is -3.72. The first-order chi connectivity index (χ1) is 17.9. The minimum absolute atomic E-state index is 0.00208. The van der Waals surface area contributed by atoms with E-state index in [4.69, 9.17) is 0 Å². The number of benzene rings is 3. The third-order valence-corrected chi connectivity index (χ3v) is 7.87. The zero-order valence-corrected chi connectivity index (χ0v) is 23.1. The number of sulfonamides is 1. The van der Waals surface area contributed by atoms with Crippen LogP contribution in [0.4, 0.5) is 10.1 Å². The maximum atomic E-state index is 13.9. The van der Waals surface area contributed by atoms with Gasteiger partial charge in [-0.25, -0.2) is 12.8 Å². The lowest BCUT2D eigenvalue weighted by Crippen LogP contribution is -2.52. The van der Waals surface area contributed by atoms with Gasteiger partial charge in [0.25, 0.3) is 10.0 Å². The van der Waals surface area contributed by atoms with Crippen LogP contribution in [0.1, 0.15) is 37.5 Å². The number of carbonyl (C=O) groups excluding carboxylic acids is 2. The number of rotatable bonds is 10. The van der Waals surface area contributed by atoms with Crippen LogP contribution in [-0.2, 0) is 26.2 Å².